The molecular weight excluding hydrogens is 384 g/mol. The monoisotopic (exact) mass is 412 g/mol. The van der Waals surface area contributed by atoms with Crippen LogP contribution in [0.1, 0.15) is 47.3 Å². The average Bonchev–Trinajstić information content (AvgIpc) is 3.14. The molecule has 154 valence electrons. The smallest absolute Gasteiger partial charge is 0.268 e. The van der Waals surface area contributed by atoms with Crippen LogP contribution >= 0.6 is 11.3 Å². The molecule has 2 atom stereocenters. The van der Waals surface area contributed by atoms with Crippen LogP contribution in [0, 0.1) is 11.3 Å². The van der Waals surface area contributed by atoms with Gasteiger partial charge in [0.05, 0.1) is 17.1 Å². The molecule has 0 spiro atoms. The minimum Gasteiger partial charge on any atom is -0.477 e. The Labute approximate surface area is 176 Å². The SMILES string of the molecule is CNC(=O)[C@H]1CN(C(=O)c2cc3c(s2)CC[C@H](C(C)(C)C)C3)c2ccccc2O1. The highest BCUT2D eigenvalue weighted by atomic mass is 32.1. The van der Waals surface area contributed by atoms with Crippen molar-refractivity contribution in [1.82, 2.24) is 5.32 Å². The van der Waals surface area contributed by atoms with Crippen molar-refractivity contribution >= 4 is 28.8 Å². The Hall–Kier alpha value is -2.34. The van der Waals surface area contributed by atoms with Crippen LogP contribution in [0.4, 0.5) is 5.69 Å². The number of para-hydroxylation sites is 2. The summed E-state index contributed by atoms with van der Waals surface area (Å²) in [6, 6.07) is 9.49. The van der Waals surface area contributed by atoms with Gasteiger partial charge in [0.1, 0.15) is 5.75 Å². The van der Waals surface area contributed by atoms with Gasteiger partial charge in [0.2, 0.25) is 0 Å². The Balaban J connectivity index is 1.63. The lowest BCUT2D eigenvalue weighted by atomic mass is 9.72. The topological polar surface area (TPSA) is 58.6 Å². The van der Waals surface area contributed by atoms with Gasteiger partial charge in [0.15, 0.2) is 6.10 Å². The maximum atomic E-state index is 13.5. The number of likely N-dealkylation sites (N-methyl/N-ethyl adjacent to an activating group) is 1. The van der Waals surface area contributed by atoms with Crippen LogP contribution in [0.15, 0.2) is 30.3 Å². The van der Waals surface area contributed by atoms with E-state index in [1.54, 1.807) is 29.4 Å². The lowest BCUT2D eigenvalue weighted by molar-refractivity contribution is -0.127. The molecule has 0 fully saturated rings. The van der Waals surface area contributed by atoms with Crippen molar-refractivity contribution in [2.45, 2.75) is 46.1 Å². The molecule has 4 rings (SSSR count). The van der Waals surface area contributed by atoms with Crippen LogP contribution in [0.2, 0.25) is 0 Å². The molecule has 1 aromatic heterocycles. The Bertz CT molecular complexity index is 944. The summed E-state index contributed by atoms with van der Waals surface area (Å²) in [7, 11) is 1.58. The highest BCUT2D eigenvalue weighted by Gasteiger charge is 2.36. The minimum absolute atomic E-state index is 0.0543. The number of fused-ring (bicyclic) bond motifs is 2. The standard InChI is InChI=1S/C23H28N2O3S/c1-23(2,3)15-9-10-19-14(11-15)12-20(29-19)22(27)25-13-18(21(26)24-4)28-17-8-6-5-7-16(17)25/h5-8,12,15,18H,9-11,13H2,1-4H3,(H,24,26)/t15-,18+/m0/s1. The van der Waals surface area contributed by atoms with Crippen LogP contribution in [-0.2, 0) is 17.6 Å². The van der Waals surface area contributed by atoms with Crippen molar-refractivity contribution in [2.75, 3.05) is 18.5 Å². The molecule has 2 heterocycles. The van der Waals surface area contributed by atoms with E-state index in [-0.39, 0.29) is 23.8 Å². The second-order valence-corrected chi connectivity index (χ2v) is 10.1. The largest absolute Gasteiger partial charge is 0.477 e. The van der Waals surface area contributed by atoms with E-state index in [0.717, 1.165) is 23.4 Å². The van der Waals surface area contributed by atoms with Crippen LogP contribution in [-0.4, -0.2) is 31.5 Å². The van der Waals surface area contributed by atoms with Gasteiger partial charge in [-0.05, 0) is 54.4 Å². The number of carbonyl (C=O) groups excluding carboxylic acids is 2. The lowest BCUT2D eigenvalue weighted by Gasteiger charge is -2.33. The maximum Gasteiger partial charge on any atom is 0.268 e. The summed E-state index contributed by atoms with van der Waals surface area (Å²) in [6.45, 7) is 7.10. The summed E-state index contributed by atoms with van der Waals surface area (Å²) < 4.78 is 5.83. The van der Waals surface area contributed by atoms with E-state index in [4.69, 9.17) is 4.74 Å². The Morgan fingerprint density at radius 2 is 2.00 bits per heavy atom. The quantitative estimate of drug-likeness (QED) is 0.809. The molecule has 0 radical (unpaired) electrons. The van der Waals surface area contributed by atoms with E-state index in [9.17, 15) is 9.59 Å². The third-order valence-corrected chi connectivity index (χ3v) is 7.30. The highest BCUT2D eigenvalue weighted by Crippen LogP contribution is 2.41. The molecule has 29 heavy (non-hydrogen) atoms. The number of amides is 2. The molecule has 0 saturated heterocycles. The third kappa shape index (κ3) is 3.78. The number of anilines is 1. The summed E-state index contributed by atoms with van der Waals surface area (Å²) in [5.74, 6) is 0.918. The van der Waals surface area contributed by atoms with Crippen molar-refractivity contribution in [1.29, 1.82) is 0 Å². The van der Waals surface area contributed by atoms with Gasteiger partial charge < -0.3 is 10.1 Å². The number of nitrogens with one attached hydrogen (secondary N) is 1. The van der Waals surface area contributed by atoms with Crippen LogP contribution in [0.5, 0.6) is 5.75 Å². The van der Waals surface area contributed by atoms with Crippen molar-refractivity contribution < 1.29 is 14.3 Å². The van der Waals surface area contributed by atoms with Crippen LogP contribution in [0.25, 0.3) is 0 Å². The fraction of sp³-hybridized carbons (Fsp3) is 0.478. The number of ether oxygens (including phenoxy) is 1. The van der Waals surface area contributed by atoms with Crippen molar-refractivity contribution in [2.24, 2.45) is 11.3 Å². The fourth-order valence-electron chi connectivity index (χ4n) is 4.23. The molecular formula is C23H28N2O3S. The number of rotatable bonds is 2. The molecule has 1 N–H and O–H groups in total. The summed E-state index contributed by atoms with van der Waals surface area (Å²) in [5, 5.41) is 2.62. The number of hydrogen-bond acceptors (Lipinski definition) is 4. The summed E-state index contributed by atoms with van der Waals surface area (Å²) in [6.07, 6.45) is 2.53. The van der Waals surface area contributed by atoms with Crippen molar-refractivity contribution in [3.05, 3.63) is 45.6 Å². The van der Waals surface area contributed by atoms with Gasteiger partial charge in [-0.25, -0.2) is 0 Å². The van der Waals surface area contributed by atoms with Gasteiger partial charge in [-0.15, -0.1) is 11.3 Å². The molecule has 0 unspecified atom stereocenters. The van der Waals surface area contributed by atoms with Crippen molar-refractivity contribution in [3.63, 3.8) is 0 Å². The zero-order valence-corrected chi connectivity index (χ0v) is 18.3. The van der Waals surface area contributed by atoms with E-state index >= 15 is 0 Å². The number of hydrogen-bond donors (Lipinski definition) is 1. The highest BCUT2D eigenvalue weighted by molar-refractivity contribution is 7.14. The van der Waals surface area contributed by atoms with E-state index < -0.39 is 6.10 Å². The molecule has 1 aromatic carbocycles. The second-order valence-electron chi connectivity index (χ2n) is 8.97. The third-order valence-electron chi connectivity index (χ3n) is 6.08. The number of thiophene rings is 1. The Morgan fingerprint density at radius 3 is 2.72 bits per heavy atom. The van der Waals surface area contributed by atoms with Crippen molar-refractivity contribution in [3.8, 4) is 5.75 Å². The van der Waals surface area contributed by atoms with Gasteiger partial charge >= 0.3 is 0 Å². The zero-order valence-electron chi connectivity index (χ0n) is 17.5. The van der Waals surface area contributed by atoms with Crippen LogP contribution in [0.3, 0.4) is 0 Å². The van der Waals surface area contributed by atoms with E-state index in [1.807, 2.05) is 18.2 Å². The van der Waals surface area contributed by atoms with Gasteiger partial charge in [-0.1, -0.05) is 32.9 Å². The summed E-state index contributed by atoms with van der Waals surface area (Å²) in [5.41, 5.74) is 2.30. The fourth-order valence-corrected chi connectivity index (χ4v) is 5.38. The summed E-state index contributed by atoms with van der Waals surface area (Å²) in [4.78, 5) is 29.4. The van der Waals surface area contributed by atoms with E-state index in [1.165, 1.54) is 16.9 Å². The first-order chi connectivity index (χ1) is 13.8. The molecule has 2 amide bonds. The first kappa shape index (κ1) is 20.0. The van der Waals surface area contributed by atoms with E-state index in [0.29, 0.717) is 11.7 Å². The number of aryl methyl sites for hydroxylation is 1. The molecule has 1 aliphatic carbocycles. The number of nitrogens with zero attached hydrogens (tertiary/aromatic N) is 1. The first-order valence-corrected chi connectivity index (χ1v) is 11.0. The normalized spacial score (nSPS) is 21.0. The van der Waals surface area contributed by atoms with Gasteiger partial charge in [0, 0.05) is 11.9 Å². The summed E-state index contributed by atoms with van der Waals surface area (Å²) >= 11 is 1.61. The maximum absolute atomic E-state index is 13.5. The number of benzene rings is 1. The molecule has 0 saturated carbocycles. The van der Waals surface area contributed by atoms with Gasteiger partial charge in [-0.2, -0.15) is 0 Å². The molecule has 1 aliphatic heterocycles. The van der Waals surface area contributed by atoms with Gasteiger partial charge in [0.25, 0.3) is 11.8 Å². The predicted octanol–water partition coefficient (Wildman–Crippen LogP) is 4.05. The predicted molar refractivity (Wildman–Crippen MR) is 116 cm³/mol. The second kappa shape index (κ2) is 7.48. The molecule has 0 bridgehead atoms. The first-order valence-electron chi connectivity index (χ1n) is 10.2. The molecule has 5 nitrogen and oxygen atoms in total. The van der Waals surface area contributed by atoms with Gasteiger partial charge in [-0.3, -0.25) is 14.5 Å². The lowest BCUT2D eigenvalue weighted by Crippen LogP contribution is -2.50. The average molecular weight is 413 g/mol. The zero-order chi connectivity index (χ0) is 20.8. The molecule has 6 heteroatoms. The minimum atomic E-state index is -0.710. The Morgan fingerprint density at radius 1 is 1.24 bits per heavy atom. The van der Waals surface area contributed by atoms with E-state index in [2.05, 4.69) is 32.2 Å². The number of carbonyl (C=O) groups is 2. The van der Waals surface area contributed by atoms with Crippen LogP contribution < -0.4 is 15.0 Å². The molecule has 2 aliphatic rings. The molecule has 2 aromatic rings. The Kier molecular flexibility index (Phi) is 5.15.